The van der Waals surface area contributed by atoms with Crippen molar-refractivity contribution in [1.29, 1.82) is 0 Å². The van der Waals surface area contributed by atoms with Crippen LogP contribution in [0.2, 0.25) is 0 Å². The molecule has 0 saturated carbocycles. The summed E-state index contributed by atoms with van der Waals surface area (Å²) in [5, 5.41) is 13.0. The number of benzene rings is 2. The molecule has 4 heteroatoms. The molecule has 4 nitrogen and oxygen atoms in total. The van der Waals surface area contributed by atoms with Crippen LogP contribution in [0.4, 0.5) is 0 Å². The van der Waals surface area contributed by atoms with Crippen molar-refractivity contribution in [3.8, 4) is 5.75 Å². The minimum Gasteiger partial charge on any atom is -0.497 e. The second-order valence-electron chi connectivity index (χ2n) is 5.67. The summed E-state index contributed by atoms with van der Waals surface area (Å²) < 4.78 is 5.14. The number of rotatable bonds is 6. The second kappa shape index (κ2) is 7.79. The van der Waals surface area contributed by atoms with E-state index in [1.54, 1.807) is 13.2 Å². The third kappa shape index (κ3) is 4.57. The molecule has 0 bridgehead atoms. The molecule has 0 heterocycles. The normalized spacial score (nSPS) is 13.2. The van der Waals surface area contributed by atoms with Gasteiger partial charge in [-0.15, -0.1) is 0 Å². The van der Waals surface area contributed by atoms with E-state index in [2.05, 4.69) is 5.32 Å². The smallest absolute Gasteiger partial charge is 0.227 e. The zero-order valence-electron chi connectivity index (χ0n) is 13.7. The maximum Gasteiger partial charge on any atom is 0.227 e. The standard InChI is InChI=1S/C19H23NO3/c1-13-6-4-7-15(10-13)14(2)19(22)20-12-18(21)16-8-5-9-17(11-16)23-3/h4-11,14,18,21H,12H2,1-3H3,(H,20,22). The monoisotopic (exact) mass is 313 g/mol. The Hall–Kier alpha value is -2.33. The highest BCUT2D eigenvalue weighted by Gasteiger charge is 2.17. The van der Waals surface area contributed by atoms with Gasteiger partial charge in [0.2, 0.25) is 5.91 Å². The van der Waals surface area contributed by atoms with Crippen molar-refractivity contribution in [1.82, 2.24) is 5.32 Å². The molecule has 0 saturated heterocycles. The third-order valence-electron chi connectivity index (χ3n) is 3.88. The summed E-state index contributed by atoms with van der Waals surface area (Å²) in [6.07, 6.45) is -0.765. The van der Waals surface area contributed by atoms with Gasteiger partial charge in [0.15, 0.2) is 0 Å². The molecule has 2 atom stereocenters. The molecule has 2 rings (SSSR count). The van der Waals surface area contributed by atoms with Crippen molar-refractivity contribution in [2.45, 2.75) is 25.9 Å². The van der Waals surface area contributed by atoms with E-state index in [0.29, 0.717) is 11.3 Å². The van der Waals surface area contributed by atoms with E-state index >= 15 is 0 Å². The van der Waals surface area contributed by atoms with Crippen LogP contribution in [0, 0.1) is 6.92 Å². The first-order valence-electron chi connectivity index (χ1n) is 7.67. The Morgan fingerprint density at radius 3 is 2.57 bits per heavy atom. The number of nitrogens with one attached hydrogen (secondary N) is 1. The van der Waals surface area contributed by atoms with Crippen LogP contribution in [0.1, 0.15) is 35.6 Å². The fourth-order valence-electron chi connectivity index (χ4n) is 2.41. The number of ether oxygens (including phenoxy) is 1. The minimum atomic E-state index is -0.765. The summed E-state index contributed by atoms with van der Waals surface area (Å²) in [7, 11) is 1.58. The zero-order valence-corrected chi connectivity index (χ0v) is 13.7. The number of hydrogen-bond acceptors (Lipinski definition) is 3. The lowest BCUT2D eigenvalue weighted by atomic mass is 9.98. The first-order valence-corrected chi connectivity index (χ1v) is 7.67. The van der Waals surface area contributed by atoms with Gasteiger partial charge in [0.05, 0.1) is 19.1 Å². The summed E-state index contributed by atoms with van der Waals surface area (Å²) in [4.78, 5) is 12.3. The molecule has 0 spiro atoms. The van der Waals surface area contributed by atoms with Crippen molar-refractivity contribution in [3.63, 3.8) is 0 Å². The lowest BCUT2D eigenvalue weighted by Gasteiger charge is -2.16. The van der Waals surface area contributed by atoms with Crippen molar-refractivity contribution < 1.29 is 14.6 Å². The second-order valence-corrected chi connectivity index (χ2v) is 5.67. The number of carbonyl (C=O) groups excluding carboxylic acids is 1. The van der Waals surface area contributed by atoms with Crippen LogP contribution >= 0.6 is 0 Å². The number of aliphatic hydroxyl groups is 1. The van der Waals surface area contributed by atoms with Crippen LogP contribution in [0.15, 0.2) is 48.5 Å². The first-order chi connectivity index (χ1) is 11.0. The molecule has 0 radical (unpaired) electrons. The molecule has 0 aliphatic rings. The third-order valence-corrected chi connectivity index (χ3v) is 3.88. The molecule has 0 aromatic heterocycles. The Morgan fingerprint density at radius 2 is 1.87 bits per heavy atom. The lowest BCUT2D eigenvalue weighted by molar-refractivity contribution is -0.122. The van der Waals surface area contributed by atoms with E-state index in [1.807, 2.05) is 56.3 Å². The number of methoxy groups -OCH3 is 1. The predicted octanol–water partition coefficient (Wildman–Crippen LogP) is 2.96. The molecule has 1 amide bonds. The van der Waals surface area contributed by atoms with E-state index in [-0.39, 0.29) is 18.4 Å². The molecule has 0 aliphatic carbocycles. The highest BCUT2D eigenvalue weighted by atomic mass is 16.5. The van der Waals surface area contributed by atoms with E-state index in [4.69, 9.17) is 4.74 Å². The maximum atomic E-state index is 12.3. The predicted molar refractivity (Wildman–Crippen MR) is 90.6 cm³/mol. The van der Waals surface area contributed by atoms with E-state index in [1.165, 1.54) is 0 Å². The molecule has 0 fully saturated rings. The Balaban J connectivity index is 1.95. The van der Waals surface area contributed by atoms with Crippen molar-refractivity contribution in [3.05, 3.63) is 65.2 Å². The highest BCUT2D eigenvalue weighted by Crippen LogP contribution is 2.20. The van der Waals surface area contributed by atoms with Gasteiger partial charge in [-0.05, 0) is 37.1 Å². The van der Waals surface area contributed by atoms with Gasteiger partial charge < -0.3 is 15.2 Å². The number of carbonyl (C=O) groups is 1. The van der Waals surface area contributed by atoms with Gasteiger partial charge in [-0.1, -0.05) is 42.0 Å². The molecule has 2 N–H and O–H groups in total. The summed E-state index contributed by atoms with van der Waals surface area (Å²) in [5.41, 5.74) is 2.81. The number of amides is 1. The van der Waals surface area contributed by atoms with Crippen molar-refractivity contribution >= 4 is 5.91 Å². The minimum absolute atomic E-state index is 0.0995. The highest BCUT2D eigenvalue weighted by molar-refractivity contribution is 5.83. The van der Waals surface area contributed by atoms with E-state index in [9.17, 15) is 9.90 Å². The fraction of sp³-hybridized carbons (Fsp3) is 0.316. The van der Waals surface area contributed by atoms with Gasteiger partial charge in [-0.2, -0.15) is 0 Å². The fourth-order valence-corrected chi connectivity index (χ4v) is 2.41. The maximum absolute atomic E-state index is 12.3. The quantitative estimate of drug-likeness (QED) is 0.862. The van der Waals surface area contributed by atoms with Crippen LogP contribution in [0.25, 0.3) is 0 Å². The Bertz CT molecular complexity index is 669. The Kier molecular flexibility index (Phi) is 5.77. The summed E-state index contributed by atoms with van der Waals surface area (Å²) in [6, 6.07) is 15.1. The molecule has 2 aromatic rings. The van der Waals surface area contributed by atoms with Crippen LogP contribution in [0.3, 0.4) is 0 Å². The van der Waals surface area contributed by atoms with Gasteiger partial charge in [0.25, 0.3) is 0 Å². The Labute approximate surface area is 137 Å². The van der Waals surface area contributed by atoms with Crippen LogP contribution in [-0.4, -0.2) is 24.7 Å². The summed E-state index contributed by atoms with van der Waals surface area (Å²) in [5.74, 6) is 0.325. The van der Waals surface area contributed by atoms with Gasteiger partial charge in [-0.25, -0.2) is 0 Å². The van der Waals surface area contributed by atoms with Crippen LogP contribution in [-0.2, 0) is 4.79 Å². The van der Waals surface area contributed by atoms with Crippen LogP contribution in [0.5, 0.6) is 5.75 Å². The molecule has 2 unspecified atom stereocenters. The van der Waals surface area contributed by atoms with Gasteiger partial charge >= 0.3 is 0 Å². The molecule has 0 aliphatic heterocycles. The van der Waals surface area contributed by atoms with Gasteiger partial charge in [-0.3, -0.25) is 4.79 Å². The number of aryl methyl sites for hydroxylation is 1. The largest absolute Gasteiger partial charge is 0.497 e. The van der Waals surface area contributed by atoms with Crippen molar-refractivity contribution in [2.75, 3.05) is 13.7 Å². The SMILES string of the molecule is COc1cccc(C(O)CNC(=O)C(C)c2cccc(C)c2)c1. The number of hydrogen-bond donors (Lipinski definition) is 2. The summed E-state index contributed by atoms with van der Waals surface area (Å²) >= 11 is 0. The van der Waals surface area contributed by atoms with Gasteiger partial charge in [0, 0.05) is 6.54 Å². The molecule has 23 heavy (non-hydrogen) atoms. The Morgan fingerprint density at radius 1 is 1.17 bits per heavy atom. The average molecular weight is 313 g/mol. The number of aliphatic hydroxyl groups excluding tert-OH is 1. The average Bonchev–Trinajstić information content (AvgIpc) is 2.58. The lowest BCUT2D eigenvalue weighted by Crippen LogP contribution is -2.31. The topological polar surface area (TPSA) is 58.6 Å². The van der Waals surface area contributed by atoms with Gasteiger partial charge in [0.1, 0.15) is 5.75 Å². The van der Waals surface area contributed by atoms with E-state index in [0.717, 1.165) is 11.1 Å². The molecule has 122 valence electrons. The first kappa shape index (κ1) is 17.0. The molecular formula is C19H23NO3. The zero-order chi connectivity index (χ0) is 16.8. The van der Waals surface area contributed by atoms with E-state index < -0.39 is 6.10 Å². The van der Waals surface area contributed by atoms with Crippen molar-refractivity contribution in [2.24, 2.45) is 0 Å². The molecular weight excluding hydrogens is 290 g/mol. The van der Waals surface area contributed by atoms with Crippen LogP contribution < -0.4 is 10.1 Å². The summed E-state index contributed by atoms with van der Waals surface area (Å²) in [6.45, 7) is 4.03. The molecule has 2 aromatic carbocycles.